The van der Waals surface area contributed by atoms with Crippen molar-refractivity contribution < 1.29 is 19.7 Å². The minimum absolute atomic E-state index is 0. The zero-order chi connectivity index (χ0) is 18.6. The molecule has 0 aromatic rings. The van der Waals surface area contributed by atoms with Gasteiger partial charge in [-0.1, -0.05) is 96.8 Å². The normalized spacial score (nSPS) is 11.8. The molecule has 0 rings (SSSR count). The molecule has 0 saturated carbocycles. The molecule has 0 radical (unpaired) electrons. The van der Waals surface area contributed by atoms with E-state index >= 15 is 0 Å². The molecule has 1 unspecified atom stereocenters. The first-order valence-electron chi connectivity index (χ1n) is 10.6. The van der Waals surface area contributed by atoms with E-state index in [9.17, 15) is 4.79 Å². The quantitative estimate of drug-likeness (QED) is 0.181. The molecule has 0 aliphatic rings. The van der Waals surface area contributed by atoms with Crippen molar-refractivity contribution in [1.82, 2.24) is 0 Å². The standard InChI is InChI=1S/C21H42O4.Po.2H/c1-2-3-4-5-6-7-8-9-10-11-12-13-14-15-16-17-21(24)25-19-20(23)18-22;;;/h20,22-23H,2-19H2,1H3;;;. The van der Waals surface area contributed by atoms with E-state index in [4.69, 9.17) is 14.9 Å². The first kappa shape index (κ1) is 28.5. The van der Waals surface area contributed by atoms with Crippen LogP contribution in [0.3, 0.4) is 0 Å². The van der Waals surface area contributed by atoms with E-state index in [2.05, 4.69) is 6.92 Å². The molecule has 0 aliphatic carbocycles. The van der Waals surface area contributed by atoms with E-state index in [0.717, 1.165) is 12.8 Å². The van der Waals surface area contributed by atoms with Crippen LogP contribution in [-0.2, 0) is 9.53 Å². The fraction of sp³-hybridized carbons (Fsp3) is 0.952. The summed E-state index contributed by atoms with van der Waals surface area (Å²) in [5.41, 5.74) is 0. The van der Waals surface area contributed by atoms with Crippen molar-refractivity contribution in [3.63, 3.8) is 0 Å². The first-order valence-corrected chi connectivity index (χ1v) is 10.6. The number of carbonyl (C=O) groups excluding carboxylic acids is 1. The van der Waals surface area contributed by atoms with Crippen LogP contribution in [0.25, 0.3) is 0 Å². The van der Waals surface area contributed by atoms with Crippen LogP contribution in [0.1, 0.15) is 110 Å². The van der Waals surface area contributed by atoms with Crippen molar-refractivity contribution >= 4 is 32.5 Å². The van der Waals surface area contributed by atoms with Gasteiger partial charge >= 0.3 is 32.5 Å². The predicted molar refractivity (Wildman–Crippen MR) is 112 cm³/mol. The number of rotatable bonds is 19. The Morgan fingerprint density at radius 3 is 1.54 bits per heavy atom. The molecule has 0 spiro atoms. The van der Waals surface area contributed by atoms with Crippen LogP contribution in [0, 0.1) is 0 Å². The van der Waals surface area contributed by atoms with Gasteiger partial charge in [0, 0.05) is 6.42 Å². The molecular weight excluding hydrogens is 525 g/mol. The third kappa shape index (κ3) is 22.3. The molecule has 158 valence electrons. The van der Waals surface area contributed by atoms with E-state index in [1.807, 2.05) is 0 Å². The zero-order valence-corrected chi connectivity index (χ0v) is 20.9. The molecule has 0 amide bonds. The van der Waals surface area contributed by atoms with Gasteiger partial charge in [0.1, 0.15) is 12.7 Å². The van der Waals surface area contributed by atoms with Gasteiger partial charge < -0.3 is 14.9 Å². The summed E-state index contributed by atoms with van der Waals surface area (Å²) in [5, 5.41) is 17.7. The van der Waals surface area contributed by atoms with Gasteiger partial charge in [0.15, 0.2) is 0 Å². The summed E-state index contributed by atoms with van der Waals surface area (Å²) in [6.45, 7) is 1.79. The molecule has 26 heavy (non-hydrogen) atoms. The van der Waals surface area contributed by atoms with Crippen LogP contribution in [0.4, 0.5) is 0 Å². The molecule has 1 atom stereocenters. The molecule has 5 heteroatoms. The second kappa shape index (κ2) is 23.3. The Morgan fingerprint density at radius 1 is 0.769 bits per heavy atom. The van der Waals surface area contributed by atoms with Crippen LogP contribution in [0.5, 0.6) is 0 Å². The molecule has 2 N–H and O–H groups in total. The molecule has 0 heterocycles. The number of hydrogen-bond donors (Lipinski definition) is 2. The van der Waals surface area contributed by atoms with E-state index in [1.165, 1.54) is 83.5 Å². The number of hydrogen-bond acceptors (Lipinski definition) is 4. The van der Waals surface area contributed by atoms with Crippen LogP contribution >= 0.6 is 0 Å². The van der Waals surface area contributed by atoms with Crippen molar-refractivity contribution in [3.05, 3.63) is 0 Å². The van der Waals surface area contributed by atoms with Crippen molar-refractivity contribution in [3.8, 4) is 0 Å². The summed E-state index contributed by atoms with van der Waals surface area (Å²) >= 11 is 0. The Morgan fingerprint density at radius 2 is 1.15 bits per heavy atom. The average Bonchev–Trinajstić information content (AvgIpc) is 2.62. The molecule has 0 fully saturated rings. The predicted octanol–water partition coefficient (Wildman–Crippen LogP) is 4.23. The summed E-state index contributed by atoms with van der Waals surface area (Å²) < 4.78 is 4.86. The van der Waals surface area contributed by atoms with Gasteiger partial charge in [-0.05, 0) is 6.42 Å². The van der Waals surface area contributed by atoms with Crippen molar-refractivity contribution in [2.45, 2.75) is 116 Å². The Kier molecular flexibility index (Phi) is 25.6. The van der Waals surface area contributed by atoms with Gasteiger partial charge in [0.25, 0.3) is 0 Å². The van der Waals surface area contributed by atoms with Crippen molar-refractivity contribution in [1.29, 1.82) is 0 Å². The van der Waals surface area contributed by atoms with Gasteiger partial charge in [0.05, 0.1) is 6.61 Å². The fourth-order valence-electron chi connectivity index (χ4n) is 2.95. The number of aliphatic hydroxyl groups is 2. The second-order valence-corrected chi connectivity index (χ2v) is 7.22. The van der Waals surface area contributed by atoms with Crippen LogP contribution in [0.2, 0.25) is 0 Å². The van der Waals surface area contributed by atoms with Crippen LogP contribution in [-0.4, -0.2) is 62.1 Å². The maximum atomic E-state index is 11.4. The molecule has 0 saturated heterocycles. The van der Waals surface area contributed by atoms with E-state index in [1.54, 1.807) is 0 Å². The number of unbranched alkanes of at least 4 members (excludes halogenated alkanes) is 14. The molecule has 0 bridgehead atoms. The summed E-state index contributed by atoms with van der Waals surface area (Å²) in [7, 11) is 0. The van der Waals surface area contributed by atoms with Gasteiger partial charge in [0.2, 0.25) is 0 Å². The summed E-state index contributed by atoms with van der Waals surface area (Å²) in [5.74, 6) is -0.276. The fourth-order valence-corrected chi connectivity index (χ4v) is 2.95. The van der Waals surface area contributed by atoms with Gasteiger partial charge in [-0.15, -0.1) is 0 Å². The average molecular weight is 570 g/mol. The second-order valence-electron chi connectivity index (χ2n) is 7.22. The van der Waals surface area contributed by atoms with Gasteiger partial charge in [-0.2, -0.15) is 0 Å². The van der Waals surface area contributed by atoms with Gasteiger partial charge in [-0.25, -0.2) is 0 Å². The third-order valence-corrected chi connectivity index (χ3v) is 4.63. The zero-order valence-electron chi connectivity index (χ0n) is 17.0. The van der Waals surface area contributed by atoms with Crippen LogP contribution in [0.15, 0.2) is 0 Å². The molecular formula is C21H44O4Po. The molecule has 0 aromatic carbocycles. The van der Waals surface area contributed by atoms with E-state index in [0.29, 0.717) is 6.42 Å². The minimum atomic E-state index is -0.954. The topological polar surface area (TPSA) is 66.8 Å². The van der Waals surface area contributed by atoms with E-state index in [-0.39, 0.29) is 45.7 Å². The van der Waals surface area contributed by atoms with Crippen molar-refractivity contribution in [2.75, 3.05) is 13.2 Å². The Hall–Kier alpha value is 0.286. The summed E-state index contributed by atoms with van der Waals surface area (Å²) in [6.07, 6.45) is 19.0. The monoisotopic (exact) mass is 569 g/mol. The Balaban J connectivity index is 0. The Bertz CT molecular complexity index is 287. The SMILES string of the molecule is CCCCCCCCCCCCCCCCCC(=O)OCC(O)CO.[PoH2]. The summed E-state index contributed by atoms with van der Waals surface area (Å²) in [6, 6.07) is 0. The maximum absolute atomic E-state index is 11.4. The number of esters is 1. The third-order valence-electron chi connectivity index (χ3n) is 4.63. The van der Waals surface area contributed by atoms with Crippen LogP contribution < -0.4 is 0 Å². The van der Waals surface area contributed by atoms with Gasteiger partial charge in [-0.3, -0.25) is 4.79 Å². The Labute approximate surface area is 180 Å². The first-order chi connectivity index (χ1) is 12.2. The van der Waals surface area contributed by atoms with E-state index < -0.39 is 6.10 Å². The molecule has 0 aliphatic heterocycles. The summed E-state index contributed by atoms with van der Waals surface area (Å²) in [4.78, 5) is 11.4. The number of aliphatic hydroxyl groups excluding tert-OH is 2. The molecule has 0 aromatic heterocycles. The molecule has 4 nitrogen and oxygen atoms in total. The van der Waals surface area contributed by atoms with Crippen molar-refractivity contribution in [2.24, 2.45) is 0 Å². The number of carbonyl (C=O) groups is 1. The number of ether oxygens (including phenoxy) is 1.